The van der Waals surface area contributed by atoms with Crippen molar-refractivity contribution in [1.29, 1.82) is 0 Å². The molecule has 140 valence electrons. The molecule has 4 rings (SSSR count). The minimum absolute atomic E-state index is 0.239. The fraction of sp³-hybridized carbons (Fsp3) is 0.591. The molecule has 0 radical (unpaired) electrons. The minimum Gasteiger partial charge on any atom is -0.410 e. The molecule has 1 aromatic rings. The lowest BCUT2D eigenvalue weighted by Gasteiger charge is -2.49. The van der Waals surface area contributed by atoms with Crippen LogP contribution in [0.5, 0.6) is 5.75 Å². The summed E-state index contributed by atoms with van der Waals surface area (Å²) in [6.45, 7) is 4.39. The summed E-state index contributed by atoms with van der Waals surface area (Å²) in [5.41, 5.74) is 4.64. The van der Waals surface area contributed by atoms with Crippen LogP contribution in [0, 0.1) is 17.3 Å². The van der Waals surface area contributed by atoms with Crippen LogP contribution >= 0.6 is 12.2 Å². The molecule has 0 amide bonds. The zero-order valence-electron chi connectivity index (χ0n) is 15.8. The van der Waals surface area contributed by atoms with Gasteiger partial charge in [0.15, 0.2) is 5.78 Å². The van der Waals surface area contributed by atoms with Crippen molar-refractivity contribution in [3.8, 4) is 5.75 Å². The first-order valence-electron chi connectivity index (χ1n) is 9.97. The molecule has 0 bridgehead atoms. The average Bonchev–Trinajstić information content (AvgIpc) is 2.98. The molecular weight excluding hydrogens is 342 g/mol. The number of hydrogen-bond donors (Lipinski definition) is 1. The minimum atomic E-state index is 0.239. The van der Waals surface area contributed by atoms with Crippen LogP contribution < -0.4 is 9.32 Å². The van der Waals surface area contributed by atoms with Gasteiger partial charge in [0.25, 0.3) is 0 Å². The topological polar surface area (TPSA) is 52.3 Å². The highest BCUT2D eigenvalue weighted by molar-refractivity contribution is 7.92. The number of allylic oxidation sites excluding steroid dienone is 2. The Morgan fingerprint density at radius 3 is 2.96 bits per heavy atom. The number of rotatable bonds is 4. The van der Waals surface area contributed by atoms with E-state index in [1.807, 2.05) is 13.0 Å². The molecule has 3 aliphatic carbocycles. The van der Waals surface area contributed by atoms with Gasteiger partial charge in [-0.25, -0.2) is 5.14 Å². The van der Waals surface area contributed by atoms with E-state index in [0.717, 1.165) is 42.7 Å². The van der Waals surface area contributed by atoms with Crippen molar-refractivity contribution in [2.45, 2.75) is 64.7 Å². The van der Waals surface area contributed by atoms with Crippen molar-refractivity contribution >= 4 is 18.0 Å². The highest BCUT2D eigenvalue weighted by atomic mass is 32.2. The van der Waals surface area contributed by atoms with E-state index in [9.17, 15) is 4.79 Å². The molecule has 3 aliphatic rings. The van der Waals surface area contributed by atoms with Gasteiger partial charge in [-0.3, -0.25) is 4.79 Å². The zero-order valence-corrected chi connectivity index (χ0v) is 16.6. The second-order valence-corrected chi connectivity index (χ2v) is 8.80. The molecule has 26 heavy (non-hydrogen) atoms. The van der Waals surface area contributed by atoms with E-state index in [0.29, 0.717) is 18.1 Å². The summed E-state index contributed by atoms with van der Waals surface area (Å²) in [7, 11) is 0. The molecule has 0 heterocycles. The second kappa shape index (κ2) is 7.05. The van der Waals surface area contributed by atoms with Crippen molar-refractivity contribution in [2.24, 2.45) is 22.4 Å². The van der Waals surface area contributed by atoms with E-state index < -0.39 is 0 Å². The summed E-state index contributed by atoms with van der Waals surface area (Å²) in [6, 6.07) is 6.51. The summed E-state index contributed by atoms with van der Waals surface area (Å²) in [4.78, 5) is 12.0. The van der Waals surface area contributed by atoms with Crippen LogP contribution in [0.25, 0.3) is 0 Å². The third kappa shape index (κ3) is 2.91. The van der Waals surface area contributed by atoms with E-state index in [4.69, 9.17) is 9.32 Å². The lowest BCUT2D eigenvalue weighted by molar-refractivity contribution is -0.114. The van der Waals surface area contributed by atoms with Crippen molar-refractivity contribution < 1.29 is 8.98 Å². The quantitative estimate of drug-likeness (QED) is 0.440. The van der Waals surface area contributed by atoms with Crippen LogP contribution in [-0.2, 0) is 11.2 Å². The number of ketones is 1. The van der Waals surface area contributed by atoms with Crippen LogP contribution in [0.3, 0.4) is 0 Å². The van der Waals surface area contributed by atoms with Crippen molar-refractivity contribution in [3.05, 3.63) is 41.0 Å². The van der Waals surface area contributed by atoms with Gasteiger partial charge in [-0.15, -0.1) is 0 Å². The van der Waals surface area contributed by atoms with Gasteiger partial charge in [0.1, 0.15) is 18.0 Å². The van der Waals surface area contributed by atoms with Gasteiger partial charge in [0.05, 0.1) is 0 Å². The summed E-state index contributed by atoms with van der Waals surface area (Å²) in [5, 5.41) is 5.44. The van der Waals surface area contributed by atoms with Gasteiger partial charge >= 0.3 is 0 Å². The Labute approximate surface area is 161 Å². The van der Waals surface area contributed by atoms with Crippen LogP contribution in [0.2, 0.25) is 0 Å². The van der Waals surface area contributed by atoms with Gasteiger partial charge in [0, 0.05) is 6.42 Å². The predicted octanol–water partition coefficient (Wildman–Crippen LogP) is 5.35. The van der Waals surface area contributed by atoms with Crippen molar-refractivity contribution in [1.82, 2.24) is 0 Å². The first kappa shape index (κ1) is 18.1. The Bertz CT molecular complexity index is 744. The highest BCUT2D eigenvalue weighted by Crippen LogP contribution is 2.62. The Kier molecular flexibility index (Phi) is 4.91. The predicted molar refractivity (Wildman–Crippen MR) is 107 cm³/mol. The molecule has 0 saturated heterocycles. The first-order valence-corrected chi connectivity index (χ1v) is 10.8. The van der Waals surface area contributed by atoms with Gasteiger partial charge in [-0.1, -0.05) is 25.5 Å². The molecule has 2 fully saturated rings. The summed E-state index contributed by atoms with van der Waals surface area (Å²) in [6.07, 6.45) is 9.80. The Hall–Kier alpha value is -1.26. The number of hydrogen-bond acceptors (Lipinski definition) is 4. The summed E-state index contributed by atoms with van der Waals surface area (Å²) < 4.78 is 5.41. The Morgan fingerprint density at radius 1 is 1.35 bits per heavy atom. The van der Waals surface area contributed by atoms with Crippen LogP contribution in [0.1, 0.15) is 69.4 Å². The first-order chi connectivity index (χ1) is 12.6. The van der Waals surface area contributed by atoms with Gasteiger partial charge in [-0.2, -0.15) is 0 Å². The summed E-state index contributed by atoms with van der Waals surface area (Å²) in [5.74, 6) is 3.29. The average molecular weight is 372 g/mol. The molecule has 3 nitrogen and oxygen atoms in total. The third-order valence-corrected chi connectivity index (χ3v) is 7.66. The number of nitrogens with two attached hydrogens (primary N) is 1. The molecule has 0 aliphatic heterocycles. The third-order valence-electron chi connectivity index (χ3n) is 7.37. The fourth-order valence-corrected chi connectivity index (χ4v) is 6.26. The van der Waals surface area contributed by atoms with E-state index in [2.05, 4.69) is 25.1 Å². The van der Waals surface area contributed by atoms with Crippen molar-refractivity contribution in [3.63, 3.8) is 0 Å². The van der Waals surface area contributed by atoms with E-state index >= 15 is 0 Å². The molecule has 0 spiro atoms. The van der Waals surface area contributed by atoms with Crippen LogP contribution in [-0.4, -0.2) is 5.78 Å². The lowest BCUT2D eigenvalue weighted by Crippen LogP contribution is -2.40. The second-order valence-electron chi connectivity index (χ2n) is 8.44. The molecule has 4 unspecified atom stereocenters. The monoisotopic (exact) mass is 371 g/mol. The molecule has 1 aromatic carbocycles. The molecule has 0 aromatic heterocycles. The normalized spacial score (nSPS) is 34.1. The van der Waals surface area contributed by atoms with Gasteiger partial charge in [0.2, 0.25) is 0 Å². The highest BCUT2D eigenvalue weighted by Gasteiger charge is 2.52. The maximum atomic E-state index is 12.0. The van der Waals surface area contributed by atoms with Crippen LogP contribution in [0.15, 0.2) is 29.8 Å². The molecular formula is C22H29NO2S. The number of aryl methyl sites for hydroxylation is 1. The van der Waals surface area contributed by atoms with E-state index in [1.165, 1.54) is 42.4 Å². The van der Waals surface area contributed by atoms with Gasteiger partial charge in [-0.05, 0) is 91.0 Å². The molecule has 4 atom stereocenters. The zero-order chi connectivity index (χ0) is 18.3. The Balaban J connectivity index is 1.61. The maximum Gasteiger partial charge on any atom is 0.155 e. The van der Waals surface area contributed by atoms with Gasteiger partial charge < -0.3 is 4.18 Å². The summed E-state index contributed by atoms with van der Waals surface area (Å²) >= 11 is 0.913. The van der Waals surface area contributed by atoms with Crippen LogP contribution in [0.4, 0.5) is 0 Å². The number of carbonyl (C=O) groups is 1. The maximum absolute atomic E-state index is 12.0. The SMILES string of the molecule is CCC(=O)/C=C1\CCC2C3CCc4cc(OSN)ccc4C3CCC12C. The van der Waals surface area contributed by atoms with E-state index in [-0.39, 0.29) is 5.41 Å². The molecule has 2 saturated carbocycles. The lowest BCUT2D eigenvalue weighted by atomic mass is 9.55. The van der Waals surface area contributed by atoms with E-state index in [1.54, 1.807) is 0 Å². The Morgan fingerprint density at radius 2 is 2.19 bits per heavy atom. The smallest absolute Gasteiger partial charge is 0.155 e. The standard InChI is InChI=1S/C22H29NO2S/c1-3-16(24)13-15-5-9-21-20-7-4-14-12-17(25-26-23)6-8-18(14)19(20)10-11-22(15,21)2/h6,8,12-13,19-21H,3-5,7,9-11,23H2,1-2H3/b15-13+. The largest absolute Gasteiger partial charge is 0.410 e. The van der Waals surface area contributed by atoms with Crippen molar-refractivity contribution in [2.75, 3.05) is 0 Å². The number of carbonyl (C=O) groups excluding carboxylic acids is 1. The molecule has 2 N–H and O–H groups in total. The number of benzene rings is 1. The number of fused-ring (bicyclic) bond motifs is 5. The fourth-order valence-electron chi connectivity index (χ4n) is 6.05. The molecule has 4 heteroatoms.